The molecule has 0 aliphatic heterocycles. The highest BCUT2D eigenvalue weighted by Crippen LogP contribution is 2.15. The Morgan fingerprint density at radius 1 is 1.07 bits per heavy atom. The Kier molecular flexibility index (Phi) is 5.63. The largest absolute Gasteiger partial charge is 0.494 e. The number of anilines is 1. The third-order valence-corrected chi connectivity index (χ3v) is 1.94. The molecular weight excluding hydrogens is 190 g/mol. The number of benzene rings is 1. The van der Waals surface area contributed by atoms with E-state index >= 15 is 0 Å². The van der Waals surface area contributed by atoms with E-state index in [0.717, 1.165) is 31.2 Å². The minimum Gasteiger partial charge on any atom is -0.494 e. The summed E-state index contributed by atoms with van der Waals surface area (Å²) < 4.78 is 10.6. The van der Waals surface area contributed by atoms with Crippen molar-refractivity contribution in [2.45, 2.75) is 13.8 Å². The smallest absolute Gasteiger partial charge is 0.119 e. The molecule has 0 amide bonds. The van der Waals surface area contributed by atoms with Crippen LogP contribution in [-0.2, 0) is 4.74 Å². The first-order valence-corrected chi connectivity index (χ1v) is 5.41. The molecule has 0 radical (unpaired) electrons. The summed E-state index contributed by atoms with van der Waals surface area (Å²) in [5, 5.41) is 3.27. The Bertz CT molecular complexity index is 259. The van der Waals surface area contributed by atoms with E-state index in [2.05, 4.69) is 5.32 Å². The Morgan fingerprint density at radius 2 is 1.80 bits per heavy atom. The fraction of sp³-hybridized carbons (Fsp3) is 0.500. The second-order valence-electron chi connectivity index (χ2n) is 3.08. The van der Waals surface area contributed by atoms with Crippen LogP contribution in [-0.4, -0.2) is 26.4 Å². The Morgan fingerprint density at radius 3 is 2.40 bits per heavy atom. The summed E-state index contributed by atoms with van der Waals surface area (Å²) in [4.78, 5) is 0. The lowest BCUT2D eigenvalue weighted by molar-refractivity contribution is 0.158. The van der Waals surface area contributed by atoms with Gasteiger partial charge in [-0.15, -0.1) is 0 Å². The number of hydrogen-bond acceptors (Lipinski definition) is 3. The molecule has 0 heterocycles. The molecule has 1 rings (SSSR count). The highest BCUT2D eigenvalue weighted by Gasteiger charge is 1.93. The van der Waals surface area contributed by atoms with Crippen molar-refractivity contribution in [2.75, 3.05) is 31.7 Å². The van der Waals surface area contributed by atoms with Crippen LogP contribution >= 0.6 is 0 Å². The van der Waals surface area contributed by atoms with E-state index in [0.29, 0.717) is 6.61 Å². The van der Waals surface area contributed by atoms with Crippen LogP contribution in [0, 0.1) is 0 Å². The van der Waals surface area contributed by atoms with E-state index in [9.17, 15) is 0 Å². The summed E-state index contributed by atoms with van der Waals surface area (Å²) in [6.45, 7) is 7.03. The zero-order valence-corrected chi connectivity index (χ0v) is 9.45. The molecule has 0 saturated heterocycles. The van der Waals surface area contributed by atoms with E-state index in [4.69, 9.17) is 9.47 Å². The molecule has 0 saturated carbocycles. The van der Waals surface area contributed by atoms with Gasteiger partial charge < -0.3 is 14.8 Å². The van der Waals surface area contributed by atoms with E-state index in [-0.39, 0.29) is 0 Å². The van der Waals surface area contributed by atoms with Crippen LogP contribution in [0.4, 0.5) is 5.69 Å². The van der Waals surface area contributed by atoms with Crippen LogP contribution in [0.3, 0.4) is 0 Å². The molecule has 0 aliphatic carbocycles. The minimum atomic E-state index is 0.705. The van der Waals surface area contributed by atoms with E-state index in [1.807, 2.05) is 38.1 Å². The maximum atomic E-state index is 5.35. The molecule has 0 fully saturated rings. The van der Waals surface area contributed by atoms with Gasteiger partial charge in [0.1, 0.15) is 5.75 Å². The van der Waals surface area contributed by atoms with Crippen molar-refractivity contribution >= 4 is 5.69 Å². The van der Waals surface area contributed by atoms with Crippen LogP contribution in [0.2, 0.25) is 0 Å². The lowest BCUT2D eigenvalue weighted by Gasteiger charge is -2.07. The van der Waals surface area contributed by atoms with Gasteiger partial charge in [-0.1, -0.05) is 0 Å². The van der Waals surface area contributed by atoms with Gasteiger partial charge in [-0.2, -0.15) is 0 Å². The SMILES string of the molecule is CCOCCNc1ccc(OCC)cc1. The highest BCUT2D eigenvalue weighted by molar-refractivity contribution is 5.46. The monoisotopic (exact) mass is 209 g/mol. The molecule has 84 valence electrons. The molecule has 0 bridgehead atoms. The van der Waals surface area contributed by atoms with Gasteiger partial charge in [0.15, 0.2) is 0 Å². The van der Waals surface area contributed by atoms with Crippen LogP contribution in [0.5, 0.6) is 5.75 Å². The maximum Gasteiger partial charge on any atom is 0.119 e. The van der Waals surface area contributed by atoms with Gasteiger partial charge in [-0.3, -0.25) is 0 Å². The summed E-state index contributed by atoms with van der Waals surface area (Å²) in [7, 11) is 0. The van der Waals surface area contributed by atoms with Crippen molar-refractivity contribution in [2.24, 2.45) is 0 Å². The highest BCUT2D eigenvalue weighted by atomic mass is 16.5. The lowest BCUT2D eigenvalue weighted by Crippen LogP contribution is -2.08. The van der Waals surface area contributed by atoms with Crippen molar-refractivity contribution in [1.82, 2.24) is 0 Å². The van der Waals surface area contributed by atoms with E-state index in [1.54, 1.807) is 0 Å². The predicted octanol–water partition coefficient (Wildman–Crippen LogP) is 2.53. The van der Waals surface area contributed by atoms with Gasteiger partial charge in [0.2, 0.25) is 0 Å². The van der Waals surface area contributed by atoms with Crippen LogP contribution in [0.15, 0.2) is 24.3 Å². The molecule has 0 aromatic heterocycles. The van der Waals surface area contributed by atoms with Gasteiger partial charge in [-0.25, -0.2) is 0 Å². The predicted molar refractivity (Wildman–Crippen MR) is 62.6 cm³/mol. The molecule has 0 spiro atoms. The normalized spacial score (nSPS) is 10.0. The number of rotatable bonds is 7. The molecule has 1 N–H and O–H groups in total. The van der Waals surface area contributed by atoms with Crippen LogP contribution < -0.4 is 10.1 Å². The molecule has 15 heavy (non-hydrogen) atoms. The van der Waals surface area contributed by atoms with E-state index < -0.39 is 0 Å². The van der Waals surface area contributed by atoms with E-state index in [1.165, 1.54) is 0 Å². The second-order valence-corrected chi connectivity index (χ2v) is 3.08. The fourth-order valence-electron chi connectivity index (χ4n) is 1.25. The van der Waals surface area contributed by atoms with Gasteiger partial charge in [0, 0.05) is 18.8 Å². The third kappa shape index (κ3) is 4.70. The van der Waals surface area contributed by atoms with Gasteiger partial charge in [0.25, 0.3) is 0 Å². The van der Waals surface area contributed by atoms with Crippen LogP contribution in [0.25, 0.3) is 0 Å². The maximum absolute atomic E-state index is 5.35. The summed E-state index contributed by atoms with van der Waals surface area (Å²) in [5.74, 6) is 0.910. The van der Waals surface area contributed by atoms with Gasteiger partial charge in [-0.05, 0) is 38.1 Å². The third-order valence-electron chi connectivity index (χ3n) is 1.94. The first-order valence-electron chi connectivity index (χ1n) is 5.41. The Labute approximate surface area is 91.4 Å². The Hall–Kier alpha value is -1.22. The molecular formula is C12H19NO2. The van der Waals surface area contributed by atoms with Crippen molar-refractivity contribution < 1.29 is 9.47 Å². The zero-order valence-electron chi connectivity index (χ0n) is 9.45. The minimum absolute atomic E-state index is 0.705. The standard InChI is InChI=1S/C12H19NO2/c1-3-14-10-9-13-11-5-7-12(8-6-11)15-4-2/h5-8,13H,3-4,9-10H2,1-2H3. The van der Waals surface area contributed by atoms with Crippen LogP contribution in [0.1, 0.15) is 13.8 Å². The van der Waals surface area contributed by atoms with Crippen molar-refractivity contribution in [3.8, 4) is 5.75 Å². The molecule has 0 aliphatic rings. The quantitative estimate of drug-likeness (QED) is 0.700. The van der Waals surface area contributed by atoms with Crippen molar-refractivity contribution in [3.63, 3.8) is 0 Å². The number of ether oxygens (including phenoxy) is 2. The van der Waals surface area contributed by atoms with Gasteiger partial charge in [0.05, 0.1) is 13.2 Å². The average molecular weight is 209 g/mol. The molecule has 3 nitrogen and oxygen atoms in total. The Balaban J connectivity index is 2.29. The topological polar surface area (TPSA) is 30.5 Å². The first kappa shape index (κ1) is 11.9. The average Bonchev–Trinajstić information content (AvgIpc) is 2.27. The van der Waals surface area contributed by atoms with Crippen molar-refractivity contribution in [3.05, 3.63) is 24.3 Å². The first-order chi connectivity index (χ1) is 7.36. The number of nitrogens with one attached hydrogen (secondary N) is 1. The zero-order chi connectivity index (χ0) is 10.9. The lowest BCUT2D eigenvalue weighted by atomic mass is 10.3. The van der Waals surface area contributed by atoms with Crippen molar-refractivity contribution in [1.29, 1.82) is 0 Å². The summed E-state index contributed by atoms with van der Waals surface area (Å²) in [6, 6.07) is 7.95. The molecule has 0 unspecified atom stereocenters. The van der Waals surface area contributed by atoms with Gasteiger partial charge >= 0.3 is 0 Å². The molecule has 1 aromatic rings. The fourth-order valence-corrected chi connectivity index (χ4v) is 1.25. The summed E-state index contributed by atoms with van der Waals surface area (Å²) >= 11 is 0. The summed E-state index contributed by atoms with van der Waals surface area (Å²) in [5.41, 5.74) is 1.10. The molecule has 1 aromatic carbocycles. The molecule has 0 atom stereocenters. The summed E-state index contributed by atoms with van der Waals surface area (Å²) in [6.07, 6.45) is 0. The number of hydrogen-bond donors (Lipinski definition) is 1. The second kappa shape index (κ2) is 7.12. The molecule has 3 heteroatoms.